The van der Waals surface area contributed by atoms with Crippen molar-refractivity contribution in [3.63, 3.8) is 0 Å². The van der Waals surface area contributed by atoms with Gasteiger partial charge in [-0.05, 0) is 25.3 Å². The van der Waals surface area contributed by atoms with Gasteiger partial charge in [0.1, 0.15) is 0 Å². The van der Waals surface area contributed by atoms with Gasteiger partial charge in [-0.3, -0.25) is 4.79 Å². The lowest BCUT2D eigenvalue weighted by Crippen LogP contribution is -2.39. The average Bonchev–Trinajstić information content (AvgIpc) is 3.18. The standard InChI is InChI=1S/C14H20N2O/c1-11(12-6-4-3-5-7-12)16(2)13(17)14(10-15)8-9-14/h3-7,11H,8-10,15H2,1-2H3. The SMILES string of the molecule is CC(c1ccccc1)N(C)C(=O)C1(CN)CC1. The minimum Gasteiger partial charge on any atom is -0.338 e. The van der Waals surface area contributed by atoms with Crippen LogP contribution < -0.4 is 5.73 Å². The molecule has 0 spiro atoms. The van der Waals surface area contributed by atoms with Gasteiger partial charge in [0.25, 0.3) is 0 Å². The molecule has 0 bridgehead atoms. The molecule has 0 radical (unpaired) electrons. The van der Waals surface area contributed by atoms with Crippen molar-refractivity contribution >= 4 is 5.91 Å². The molecule has 1 unspecified atom stereocenters. The normalized spacial score (nSPS) is 18.5. The second kappa shape index (κ2) is 4.49. The Kier molecular flexibility index (Phi) is 3.20. The summed E-state index contributed by atoms with van der Waals surface area (Å²) >= 11 is 0. The summed E-state index contributed by atoms with van der Waals surface area (Å²) in [6.07, 6.45) is 1.88. The summed E-state index contributed by atoms with van der Waals surface area (Å²) in [7, 11) is 1.87. The highest BCUT2D eigenvalue weighted by molar-refractivity contribution is 5.85. The van der Waals surface area contributed by atoms with Crippen molar-refractivity contribution < 1.29 is 4.79 Å². The van der Waals surface area contributed by atoms with Crippen molar-refractivity contribution in [3.8, 4) is 0 Å². The molecule has 3 heteroatoms. The molecule has 1 saturated carbocycles. The molecule has 1 fully saturated rings. The quantitative estimate of drug-likeness (QED) is 0.862. The van der Waals surface area contributed by atoms with Crippen molar-refractivity contribution in [2.24, 2.45) is 11.1 Å². The van der Waals surface area contributed by atoms with Crippen LogP contribution in [0.1, 0.15) is 31.4 Å². The largest absolute Gasteiger partial charge is 0.338 e. The van der Waals surface area contributed by atoms with Gasteiger partial charge >= 0.3 is 0 Å². The van der Waals surface area contributed by atoms with Crippen molar-refractivity contribution in [2.75, 3.05) is 13.6 Å². The lowest BCUT2D eigenvalue weighted by molar-refractivity contribution is -0.137. The van der Waals surface area contributed by atoms with Crippen LogP contribution in [0.5, 0.6) is 0 Å². The first kappa shape index (κ1) is 12.1. The van der Waals surface area contributed by atoms with Crippen LogP contribution in [-0.4, -0.2) is 24.4 Å². The van der Waals surface area contributed by atoms with Crippen LogP contribution >= 0.6 is 0 Å². The van der Waals surface area contributed by atoms with Crippen LogP contribution in [0.25, 0.3) is 0 Å². The first-order valence-electron chi connectivity index (χ1n) is 6.13. The van der Waals surface area contributed by atoms with Gasteiger partial charge in [-0.1, -0.05) is 30.3 Å². The summed E-state index contributed by atoms with van der Waals surface area (Å²) in [6, 6.07) is 10.2. The van der Waals surface area contributed by atoms with E-state index in [0.29, 0.717) is 6.54 Å². The topological polar surface area (TPSA) is 46.3 Å². The van der Waals surface area contributed by atoms with E-state index in [9.17, 15) is 4.79 Å². The van der Waals surface area contributed by atoms with Crippen LogP contribution in [0.4, 0.5) is 0 Å². The fourth-order valence-electron chi connectivity index (χ4n) is 2.16. The van der Waals surface area contributed by atoms with Gasteiger partial charge in [-0.15, -0.1) is 0 Å². The molecule has 0 aliphatic heterocycles. The fourth-order valence-corrected chi connectivity index (χ4v) is 2.16. The Hall–Kier alpha value is -1.35. The lowest BCUT2D eigenvalue weighted by Gasteiger charge is -2.29. The minimum atomic E-state index is -0.252. The van der Waals surface area contributed by atoms with Crippen LogP contribution in [0, 0.1) is 5.41 Å². The number of carbonyl (C=O) groups is 1. The number of hydrogen-bond donors (Lipinski definition) is 1. The molecule has 2 rings (SSSR count). The first-order valence-corrected chi connectivity index (χ1v) is 6.13. The van der Waals surface area contributed by atoms with Crippen LogP contribution in [0.15, 0.2) is 30.3 Å². The van der Waals surface area contributed by atoms with E-state index in [4.69, 9.17) is 5.73 Å². The fraction of sp³-hybridized carbons (Fsp3) is 0.500. The molecule has 1 amide bonds. The molecule has 0 heterocycles. The van der Waals surface area contributed by atoms with E-state index in [1.165, 1.54) is 0 Å². The molecule has 92 valence electrons. The molecule has 1 aromatic rings. The van der Waals surface area contributed by atoms with E-state index in [-0.39, 0.29) is 17.4 Å². The van der Waals surface area contributed by atoms with E-state index in [1.54, 1.807) is 0 Å². The maximum absolute atomic E-state index is 12.3. The van der Waals surface area contributed by atoms with Gasteiger partial charge < -0.3 is 10.6 Å². The van der Waals surface area contributed by atoms with Gasteiger partial charge in [0.15, 0.2) is 0 Å². The molecular weight excluding hydrogens is 212 g/mol. The van der Waals surface area contributed by atoms with Crippen molar-refractivity contribution in [1.82, 2.24) is 4.90 Å². The Balaban J connectivity index is 2.10. The van der Waals surface area contributed by atoms with Crippen LogP contribution in [0.3, 0.4) is 0 Å². The summed E-state index contributed by atoms with van der Waals surface area (Å²) in [5, 5.41) is 0. The monoisotopic (exact) mass is 232 g/mol. The zero-order chi connectivity index (χ0) is 12.5. The van der Waals surface area contributed by atoms with Crippen molar-refractivity contribution in [1.29, 1.82) is 0 Å². The second-order valence-electron chi connectivity index (χ2n) is 4.99. The highest BCUT2D eigenvalue weighted by atomic mass is 16.2. The Morgan fingerprint density at radius 3 is 2.47 bits per heavy atom. The zero-order valence-electron chi connectivity index (χ0n) is 10.5. The smallest absolute Gasteiger partial charge is 0.230 e. The predicted octanol–water partition coefficient (Wildman–Crippen LogP) is 1.94. The van der Waals surface area contributed by atoms with Gasteiger partial charge in [0, 0.05) is 13.6 Å². The maximum Gasteiger partial charge on any atom is 0.230 e. The third-order valence-corrected chi connectivity index (χ3v) is 3.88. The molecular formula is C14H20N2O. The van der Waals surface area contributed by atoms with E-state index < -0.39 is 0 Å². The summed E-state index contributed by atoms with van der Waals surface area (Å²) in [6.45, 7) is 2.53. The van der Waals surface area contributed by atoms with Crippen LogP contribution in [-0.2, 0) is 4.79 Å². The molecule has 3 nitrogen and oxygen atoms in total. The van der Waals surface area contributed by atoms with Crippen molar-refractivity contribution in [3.05, 3.63) is 35.9 Å². The first-order chi connectivity index (χ1) is 8.10. The third kappa shape index (κ3) is 2.20. The molecule has 0 saturated heterocycles. The molecule has 2 N–H and O–H groups in total. The van der Waals surface area contributed by atoms with E-state index in [2.05, 4.69) is 19.1 Å². The van der Waals surface area contributed by atoms with E-state index in [1.807, 2.05) is 30.1 Å². The second-order valence-corrected chi connectivity index (χ2v) is 4.99. The Bertz CT molecular complexity index is 398. The molecule has 1 aromatic carbocycles. The minimum absolute atomic E-state index is 0.104. The predicted molar refractivity (Wildman–Crippen MR) is 68.3 cm³/mol. The number of nitrogens with zero attached hydrogens (tertiary/aromatic N) is 1. The van der Waals surface area contributed by atoms with Gasteiger partial charge in [-0.25, -0.2) is 0 Å². The van der Waals surface area contributed by atoms with Crippen LogP contribution in [0.2, 0.25) is 0 Å². The number of carbonyl (C=O) groups excluding carboxylic acids is 1. The van der Waals surface area contributed by atoms with E-state index in [0.717, 1.165) is 18.4 Å². The highest BCUT2D eigenvalue weighted by Crippen LogP contribution is 2.46. The van der Waals surface area contributed by atoms with Gasteiger partial charge in [0.2, 0.25) is 5.91 Å². The van der Waals surface area contributed by atoms with E-state index >= 15 is 0 Å². The van der Waals surface area contributed by atoms with Gasteiger partial charge in [0.05, 0.1) is 11.5 Å². The third-order valence-electron chi connectivity index (χ3n) is 3.88. The number of hydrogen-bond acceptors (Lipinski definition) is 2. The summed E-state index contributed by atoms with van der Waals surface area (Å²) in [5.41, 5.74) is 6.61. The number of benzene rings is 1. The number of amides is 1. The molecule has 1 aliphatic carbocycles. The summed E-state index contributed by atoms with van der Waals surface area (Å²) < 4.78 is 0. The number of rotatable bonds is 4. The Morgan fingerprint density at radius 1 is 1.41 bits per heavy atom. The molecule has 17 heavy (non-hydrogen) atoms. The Labute approximate surface area is 103 Å². The zero-order valence-corrected chi connectivity index (χ0v) is 10.5. The maximum atomic E-state index is 12.3. The lowest BCUT2D eigenvalue weighted by atomic mass is 10.0. The molecule has 0 aromatic heterocycles. The van der Waals surface area contributed by atoms with Gasteiger partial charge in [-0.2, -0.15) is 0 Å². The summed E-state index contributed by atoms with van der Waals surface area (Å²) in [4.78, 5) is 14.1. The average molecular weight is 232 g/mol. The highest BCUT2D eigenvalue weighted by Gasteiger charge is 2.50. The van der Waals surface area contributed by atoms with Crippen molar-refractivity contribution in [2.45, 2.75) is 25.8 Å². The molecule has 1 aliphatic rings. The number of nitrogens with two attached hydrogens (primary N) is 1. The summed E-state index contributed by atoms with van der Waals surface area (Å²) in [5.74, 6) is 0.191. The Morgan fingerprint density at radius 2 is 2.00 bits per heavy atom. The molecule has 1 atom stereocenters.